The van der Waals surface area contributed by atoms with Crippen LogP contribution in [0.1, 0.15) is 31.7 Å². The minimum atomic E-state index is 0.199. The number of ether oxygens (including phenoxy) is 1. The van der Waals surface area contributed by atoms with Crippen LogP contribution in [0.15, 0.2) is 35.9 Å². The summed E-state index contributed by atoms with van der Waals surface area (Å²) in [5.41, 5.74) is 2.30. The summed E-state index contributed by atoms with van der Waals surface area (Å²) >= 11 is 6.12. The first-order valence-corrected chi connectivity index (χ1v) is 7.03. The number of phenolic OH excluding ortho intramolecular Hbond substituents is 1. The second-order valence-electron chi connectivity index (χ2n) is 4.70. The topological polar surface area (TPSA) is 29.5 Å². The summed E-state index contributed by atoms with van der Waals surface area (Å²) in [5, 5.41) is 9.93. The Kier molecular flexibility index (Phi) is 5.06. The molecule has 0 saturated carbocycles. The van der Waals surface area contributed by atoms with Crippen LogP contribution < -0.4 is 0 Å². The molecule has 1 aromatic carbocycles. The first-order valence-electron chi connectivity index (χ1n) is 6.65. The van der Waals surface area contributed by atoms with E-state index in [4.69, 9.17) is 16.3 Å². The summed E-state index contributed by atoms with van der Waals surface area (Å²) in [6.07, 6.45) is 9.56. The Labute approximate surface area is 119 Å². The second kappa shape index (κ2) is 6.78. The summed E-state index contributed by atoms with van der Waals surface area (Å²) < 4.78 is 5.54. The fraction of sp³-hybridized carbons (Fsp3) is 0.375. The maximum atomic E-state index is 9.35. The van der Waals surface area contributed by atoms with Crippen molar-refractivity contribution in [3.05, 3.63) is 46.5 Å². The molecule has 19 heavy (non-hydrogen) atoms. The number of halogens is 1. The zero-order valence-electron chi connectivity index (χ0n) is 11.1. The molecule has 0 saturated heterocycles. The molecule has 1 aliphatic heterocycles. The van der Waals surface area contributed by atoms with Gasteiger partial charge in [-0.2, -0.15) is 0 Å². The van der Waals surface area contributed by atoms with Crippen LogP contribution in [-0.4, -0.2) is 17.8 Å². The molecule has 2 rings (SSSR count). The van der Waals surface area contributed by atoms with Crippen LogP contribution >= 0.6 is 11.6 Å². The van der Waals surface area contributed by atoms with Crippen molar-refractivity contribution < 1.29 is 9.84 Å². The third-order valence-electron chi connectivity index (χ3n) is 3.31. The molecule has 2 nitrogen and oxygen atoms in total. The minimum Gasteiger partial charge on any atom is -0.508 e. The third-order valence-corrected chi connectivity index (χ3v) is 3.63. The molecule has 1 N–H and O–H groups in total. The summed E-state index contributed by atoms with van der Waals surface area (Å²) in [7, 11) is 0. The van der Waals surface area contributed by atoms with Crippen LogP contribution in [0.4, 0.5) is 0 Å². The number of aromatic hydroxyl groups is 1. The zero-order valence-corrected chi connectivity index (χ0v) is 11.9. The summed E-state index contributed by atoms with van der Waals surface area (Å²) in [6.45, 7) is 2.88. The number of rotatable bonds is 5. The first-order chi connectivity index (χ1) is 9.19. The monoisotopic (exact) mass is 278 g/mol. The molecule has 1 aromatic rings. The maximum absolute atomic E-state index is 9.35. The van der Waals surface area contributed by atoms with E-state index in [0.29, 0.717) is 5.02 Å². The van der Waals surface area contributed by atoms with Crippen molar-refractivity contribution in [1.29, 1.82) is 0 Å². The summed E-state index contributed by atoms with van der Waals surface area (Å²) in [4.78, 5) is 0. The van der Waals surface area contributed by atoms with E-state index in [-0.39, 0.29) is 11.9 Å². The Morgan fingerprint density at radius 2 is 2.37 bits per heavy atom. The predicted octanol–water partition coefficient (Wildman–Crippen LogP) is 4.57. The Morgan fingerprint density at radius 1 is 1.53 bits per heavy atom. The van der Waals surface area contributed by atoms with Gasteiger partial charge >= 0.3 is 0 Å². The van der Waals surface area contributed by atoms with Crippen LogP contribution in [0.3, 0.4) is 0 Å². The molecular weight excluding hydrogens is 260 g/mol. The van der Waals surface area contributed by atoms with E-state index < -0.39 is 0 Å². The molecule has 0 unspecified atom stereocenters. The Morgan fingerprint density at radius 3 is 3.00 bits per heavy atom. The Balaban J connectivity index is 2.02. The van der Waals surface area contributed by atoms with Gasteiger partial charge in [0.05, 0.1) is 17.7 Å². The van der Waals surface area contributed by atoms with Crippen molar-refractivity contribution in [1.82, 2.24) is 0 Å². The van der Waals surface area contributed by atoms with Crippen LogP contribution in [-0.2, 0) is 4.74 Å². The van der Waals surface area contributed by atoms with Crippen LogP contribution in [0, 0.1) is 0 Å². The van der Waals surface area contributed by atoms with Gasteiger partial charge < -0.3 is 9.84 Å². The van der Waals surface area contributed by atoms with Gasteiger partial charge in [-0.05, 0) is 43.0 Å². The van der Waals surface area contributed by atoms with E-state index in [9.17, 15) is 5.11 Å². The fourth-order valence-electron chi connectivity index (χ4n) is 2.15. The lowest BCUT2D eigenvalue weighted by molar-refractivity contribution is 0.121. The maximum Gasteiger partial charge on any atom is 0.117 e. The summed E-state index contributed by atoms with van der Waals surface area (Å²) in [6, 6.07) is 5.08. The highest BCUT2D eigenvalue weighted by molar-refractivity contribution is 6.32. The van der Waals surface area contributed by atoms with Gasteiger partial charge in [0, 0.05) is 0 Å². The standard InChI is InChI=1S/C16H19ClO2/c1-2-12(5-8-15-4-3-9-19-15)10-13-6-7-14(18)11-16(13)17/h3-4,6-7,10-11,15,18H,2,5,8-9H2,1H3/b12-10+/t15-/m0/s1. The Bertz CT molecular complexity index is 492. The largest absolute Gasteiger partial charge is 0.508 e. The highest BCUT2D eigenvalue weighted by Crippen LogP contribution is 2.26. The van der Waals surface area contributed by atoms with Gasteiger partial charge in [0.2, 0.25) is 0 Å². The number of hydrogen-bond acceptors (Lipinski definition) is 2. The molecule has 1 atom stereocenters. The molecular formula is C16H19ClO2. The fourth-order valence-corrected chi connectivity index (χ4v) is 2.38. The molecule has 0 fully saturated rings. The van der Waals surface area contributed by atoms with E-state index >= 15 is 0 Å². The van der Waals surface area contributed by atoms with Crippen molar-refractivity contribution in [2.75, 3.05) is 6.61 Å². The quantitative estimate of drug-likeness (QED) is 0.799. The number of phenols is 1. The van der Waals surface area contributed by atoms with Gasteiger partial charge in [-0.15, -0.1) is 0 Å². The molecule has 0 aromatic heterocycles. The molecule has 0 spiro atoms. The van der Waals surface area contributed by atoms with E-state index in [1.807, 2.05) is 6.07 Å². The van der Waals surface area contributed by atoms with Gasteiger partial charge in [-0.1, -0.05) is 42.3 Å². The molecule has 3 heteroatoms. The van der Waals surface area contributed by atoms with Crippen molar-refractivity contribution in [2.45, 2.75) is 32.3 Å². The first kappa shape index (κ1) is 14.2. The van der Waals surface area contributed by atoms with Gasteiger partial charge in [0.15, 0.2) is 0 Å². The molecule has 1 aliphatic rings. The Hall–Kier alpha value is -1.25. The molecule has 0 aliphatic carbocycles. The van der Waals surface area contributed by atoms with E-state index in [2.05, 4.69) is 25.2 Å². The average molecular weight is 279 g/mol. The molecule has 0 bridgehead atoms. The lowest BCUT2D eigenvalue weighted by Crippen LogP contribution is -2.04. The van der Waals surface area contributed by atoms with E-state index in [1.165, 1.54) is 5.57 Å². The number of benzene rings is 1. The molecule has 0 amide bonds. The van der Waals surface area contributed by atoms with Gasteiger partial charge in [0.1, 0.15) is 5.75 Å². The smallest absolute Gasteiger partial charge is 0.117 e. The molecule has 0 radical (unpaired) electrons. The highest BCUT2D eigenvalue weighted by Gasteiger charge is 2.10. The second-order valence-corrected chi connectivity index (χ2v) is 5.11. The zero-order chi connectivity index (χ0) is 13.7. The van der Waals surface area contributed by atoms with Crippen molar-refractivity contribution in [2.24, 2.45) is 0 Å². The van der Waals surface area contributed by atoms with Gasteiger partial charge in [-0.25, -0.2) is 0 Å². The van der Waals surface area contributed by atoms with E-state index in [0.717, 1.165) is 31.4 Å². The highest BCUT2D eigenvalue weighted by atomic mass is 35.5. The normalized spacial score (nSPS) is 19.1. The van der Waals surface area contributed by atoms with Crippen LogP contribution in [0.5, 0.6) is 5.75 Å². The average Bonchev–Trinajstić information content (AvgIpc) is 2.90. The lowest BCUT2D eigenvalue weighted by Gasteiger charge is -2.10. The van der Waals surface area contributed by atoms with Crippen molar-refractivity contribution in [3.8, 4) is 5.75 Å². The molecule has 102 valence electrons. The van der Waals surface area contributed by atoms with Crippen molar-refractivity contribution >= 4 is 17.7 Å². The van der Waals surface area contributed by atoms with E-state index in [1.54, 1.807) is 12.1 Å². The van der Waals surface area contributed by atoms with Crippen LogP contribution in [0.25, 0.3) is 6.08 Å². The van der Waals surface area contributed by atoms with Crippen LogP contribution in [0.2, 0.25) is 5.02 Å². The van der Waals surface area contributed by atoms with Crippen molar-refractivity contribution in [3.63, 3.8) is 0 Å². The number of allylic oxidation sites excluding steroid dienone is 1. The van der Waals surface area contributed by atoms with Gasteiger partial charge in [-0.3, -0.25) is 0 Å². The minimum absolute atomic E-state index is 0.199. The SMILES string of the molecule is CC/C(=C\c1ccc(O)cc1Cl)CC[C@@H]1C=CCO1. The lowest BCUT2D eigenvalue weighted by atomic mass is 10.0. The number of hydrogen-bond donors (Lipinski definition) is 1. The van der Waals surface area contributed by atoms with Gasteiger partial charge in [0.25, 0.3) is 0 Å². The third kappa shape index (κ3) is 4.12. The molecule has 1 heterocycles. The summed E-state index contributed by atoms with van der Waals surface area (Å²) in [5.74, 6) is 0.199. The predicted molar refractivity (Wildman–Crippen MR) is 79.5 cm³/mol.